The van der Waals surface area contributed by atoms with Crippen LogP contribution in [0.2, 0.25) is 0 Å². The molecule has 6 heteroatoms. The van der Waals surface area contributed by atoms with Crippen LogP contribution in [0, 0.1) is 13.8 Å². The zero-order valence-corrected chi connectivity index (χ0v) is 20.6. The molecule has 0 radical (unpaired) electrons. The summed E-state index contributed by atoms with van der Waals surface area (Å²) in [4.78, 5) is 29.7. The van der Waals surface area contributed by atoms with Gasteiger partial charge in [-0.1, -0.05) is 71.9 Å². The summed E-state index contributed by atoms with van der Waals surface area (Å²) >= 11 is 1.58. The molecule has 0 saturated heterocycles. The van der Waals surface area contributed by atoms with Crippen molar-refractivity contribution >= 4 is 17.7 Å². The lowest BCUT2D eigenvalue weighted by atomic mass is 10.0. The fraction of sp³-hybridized carbons (Fsp3) is 0.370. The highest BCUT2D eigenvalue weighted by atomic mass is 32.2. The third-order valence-electron chi connectivity index (χ3n) is 5.62. The fourth-order valence-electron chi connectivity index (χ4n) is 3.72. The number of carbonyl (C=O) groups is 1. The van der Waals surface area contributed by atoms with Gasteiger partial charge in [0.15, 0.2) is 5.16 Å². The monoisotopic (exact) mass is 463 g/mol. The first kappa shape index (κ1) is 24.8. The van der Waals surface area contributed by atoms with Gasteiger partial charge in [-0.25, -0.2) is 4.98 Å². The molecule has 0 spiro atoms. The van der Waals surface area contributed by atoms with E-state index in [-0.39, 0.29) is 11.5 Å². The van der Waals surface area contributed by atoms with E-state index in [1.54, 1.807) is 23.4 Å². The van der Waals surface area contributed by atoms with Gasteiger partial charge in [-0.15, -0.1) is 0 Å². The van der Waals surface area contributed by atoms with Crippen LogP contribution in [0.15, 0.2) is 64.5 Å². The molecule has 1 N–H and O–H groups in total. The summed E-state index contributed by atoms with van der Waals surface area (Å²) in [5.74, 6) is 0.923. The van der Waals surface area contributed by atoms with E-state index in [1.807, 2.05) is 37.3 Å². The van der Waals surface area contributed by atoms with Gasteiger partial charge >= 0.3 is 0 Å². The van der Waals surface area contributed by atoms with Crippen LogP contribution in [0.25, 0.3) is 0 Å². The first-order valence-electron chi connectivity index (χ1n) is 11.5. The number of nitrogens with one attached hydrogen (secondary N) is 1. The smallest absolute Gasteiger partial charge is 0.257 e. The Balaban J connectivity index is 1.42. The molecule has 3 aromatic rings. The van der Waals surface area contributed by atoms with E-state index in [2.05, 4.69) is 36.5 Å². The van der Waals surface area contributed by atoms with Crippen LogP contribution in [0.5, 0.6) is 0 Å². The van der Waals surface area contributed by atoms with E-state index in [0.717, 1.165) is 47.0 Å². The Labute approximate surface area is 200 Å². The zero-order chi connectivity index (χ0) is 23.6. The van der Waals surface area contributed by atoms with Crippen molar-refractivity contribution in [2.45, 2.75) is 51.1 Å². The fourth-order valence-corrected chi connectivity index (χ4v) is 4.73. The van der Waals surface area contributed by atoms with Gasteiger partial charge in [-0.2, -0.15) is 0 Å². The van der Waals surface area contributed by atoms with Crippen LogP contribution >= 0.6 is 11.8 Å². The predicted molar refractivity (Wildman–Crippen MR) is 136 cm³/mol. The first-order valence-corrected chi connectivity index (χ1v) is 12.5. The molecule has 1 aromatic heterocycles. The van der Waals surface area contributed by atoms with Gasteiger partial charge in [0, 0.05) is 43.4 Å². The van der Waals surface area contributed by atoms with Gasteiger partial charge in [0.1, 0.15) is 0 Å². The molecule has 0 aliphatic heterocycles. The maximum atomic E-state index is 12.9. The molecular weight excluding hydrogens is 430 g/mol. The summed E-state index contributed by atoms with van der Waals surface area (Å²) < 4.78 is 1.65. The normalized spacial score (nSPS) is 10.9. The number of aromatic nitrogens is 2. The molecule has 0 saturated carbocycles. The number of hydrogen-bond acceptors (Lipinski definition) is 4. The van der Waals surface area contributed by atoms with Gasteiger partial charge < -0.3 is 5.32 Å². The molecule has 3 rings (SSSR count). The summed E-state index contributed by atoms with van der Waals surface area (Å²) in [6.07, 6.45) is 3.69. The summed E-state index contributed by atoms with van der Waals surface area (Å²) in [7, 11) is 1.79. The molecule has 33 heavy (non-hydrogen) atoms. The average Bonchev–Trinajstić information content (AvgIpc) is 2.80. The van der Waals surface area contributed by atoms with E-state index in [1.165, 1.54) is 11.1 Å². The van der Waals surface area contributed by atoms with Crippen molar-refractivity contribution in [3.05, 3.63) is 92.9 Å². The highest BCUT2D eigenvalue weighted by Crippen LogP contribution is 2.18. The minimum Gasteiger partial charge on any atom is -0.356 e. The van der Waals surface area contributed by atoms with Crippen molar-refractivity contribution in [1.82, 2.24) is 14.9 Å². The van der Waals surface area contributed by atoms with Gasteiger partial charge in [-0.05, 0) is 44.2 Å². The second-order valence-electron chi connectivity index (χ2n) is 8.38. The van der Waals surface area contributed by atoms with Gasteiger partial charge in [0.2, 0.25) is 5.91 Å². The van der Waals surface area contributed by atoms with Crippen LogP contribution in [-0.2, 0) is 24.7 Å². The highest BCUT2D eigenvalue weighted by molar-refractivity contribution is 7.99. The number of benzene rings is 2. The van der Waals surface area contributed by atoms with Crippen molar-refractivity contribution in [2.24, 2.45) is 7.05 Å². The number of rotatable bonds is 11. The molecule has 0 bridgehead atoms. The molecular formula is C27H33N3O2S. The molecule has 174 valence electrons. The number of unbranched alkanes of at least 4 members (excludes halogenated alkanes) is 1. The Hall–Kier alpha value is -2.86. The Morgan fingerprint density at radius 2 is 1.79 bits per heavy atom. The molecule has 0 unspecified atom stereocenters. The predicted octanol–water partition coefficient (Wildman–Crippen LogP) is 4.61. The Kier molecular flexibility index (Phi) is 9.31. The van der Waals surface area contributed by atoms with Gasteiger partial charge in [-0.3, -0.25) is 14.2 Å². The molecule has 0 atom stereocenters. The quantitative estimate of drug-likeness (QED) is 0.256. The maximum Gasteiger partial charge on any atom is 0.257 e. The number of carbonyl (C=O) groups excluding carboxylic acids is 1. The van der Waals surface area contributed by atoms with Crippen molar-refractivity contribution in [3.8, 4) is 0 Å². The summed E-state index contributed by atoms with van der Waals surface area (Å²) in [5, 5.41) is 3.72. The Morgan fingerprint density at radius 3 is 2.55 bits per heavy atom. The summed E-state index contributed by atoms with van der Waals surface area (Å²) in [5.41, 5.74) is 5.10. The van der Waals surface area contributed by atoms with E-state index >= 15 is 0 Å². The second kappa shape index (κ2) is 12.4. The maximum absolute atomic E-state index is 12.9. The lowest BCUT2D eigenvalue weighted by molar-refractivity contribution is -0.121. The molecule has 1 heterocycles. The van der Waals surface area contributed by atoms with Crippen molar-refractivity contribution in [1.29, 1.82) is 0 Å². The van der Waals surface area contributed by atoms with E-state index in [9.17, 15) is 9.59 Å². The second-order valence-corrected chi connectivity index (χ2v) is 9.44. The van der Waals surface area contributed by atoms with E-state index < -0.39 is 0 Å². The first-order chi connectivity index (χ1) is 15.9. The topological polar surface area (TPSA) is 64.0 Å². The van der Waals surface area contributed by atoms with Crippen LogP contribution in [0.3, 0.4) is 0 Å². The third kappa shape index (κ3) is 7.60. The zero-order valence-electron chi connectivity index (χ0n) is 19.8. The summed E-state index contributed by atoms with van der Waals surface area (Å²) in [6, 6.07) is 18.4. The lowest BCUT2D eigenvalue weighted by Gasteiger charge is -2.12. The minimum absolute atomic E-state index is 0.0179. The van der Waals surface area contributed by atoms with Crippen LogP contribution in [0.1, 0.15) is 47.2 Å². The molecule has 2 aromatic carbocycles. The largest absolute Gasteiger partial charge is 0.356 e. The van der Waals surface area contributed by atoms with Gasteiger partial charge in [0.05, 0.1) is 0 Å². The molecule has 0 aliphatic carbocycles. The van der Waals surface area contributed by atoms with E-state index in [4.69, 9.17) is 4.98 Å². The number of thioether (sulfide) groups is 1. The molecule has 5 nitrogen and oxygen atoms in total. The van der Waals surface area contributed by atoms with Crippen LogP contribution < -0.4 is 10.9 Å². The third-order valence-corrected chi connectivity index (χ3v) is 6.74. The molecule has 1 amide bonds. The van der Waals surface area contributed by atoms with Gasteiger partial charge in [0.25, 0.3) is 5.56 Å². The van der Waals surface area contributed by atoms with Crippen LogP contribution in [-0.4, -0.2) is 27.8 Å². The van der Waals surface area contributed by atoms with Crippen molar-refractivity contribution in [3.63, 3.8) is 0 Å². The molecule has 0 aliphatic rings. The lowest BCUT2D eigenvalue weighted by Crippen LogP contribution is -2.26. The Bertz CT molecular complexity index is 1130. The SMILES string of the molecule is Cc1cccc(Cc2c(C)nc(SCCCCC(=O)NCCc3ccccc3)n(C)c2=O)c1. The number of hydrogen-bond donors (Lipinski definition) is 1. The standard InChI is InChI=1S/C27H33N3O2S/c1-20-10-9-13-23(18-20)19-24-21(2)29-27(30(3)26(24)32)33-17-8-7-14-25(31)28-16-15-22-11-5-4-6-12-22/h4-6,9-13,18H,7-8,14-17,19H2,1-3H3,(H,28,31). The average molecular weight is 464 g/mol. The minimum atomic E-state index is 0.0179. The number of amides is 1. The van der Waals surface area contributed by atoms with Crippen molar-refractivity contribution in [2.75, 3.05) is 12.3 Å². The Morgan fingerprint density at radius 1 is 1.03 bits per heavy atom. The highest BCUT2D eigenvalue weighted by Gasteiger charge is 2.13. The van der Waals surface area contributed by atoms with E-state index in [0.29, 0.717) is 19.4 Å². The number of aryl methyl sites for hydroxylation is 2. The molecule has 0 fully saturated rings. The number of nitrogens with zero attached hydrogens (tertiary/aromatic N) is 2. The van der Waals surface area contributed by atoms with Crippen molar-refractivity contribution < 1.29 is 4.79 Å². The van der Waals surface area contributed by atoms with Crippen LogP contribution in [0.4, 0.5) is 0 Å². The summed E-state index contributed by atoms with van der Waals surface area (Å²) in [6.45, 7) is 4.63.